The second-order valence-electron chi connectivity index (χ2n) is 4.11. The van der Waals surface area contributed by atoms with E-state index in [0.29, 0.717) is 6.54 Å². The van der Waals surface area contributed by atoms with Crippen LogP contribution in [0.2, 0.25) is 0 Å². The number of nitrogens with zero attached hydrogens (tertiary/aromatic N) is 3. The van der Waals surface area contributed by atoms with Crippen molar-refractivity contribution >= 4 is 22.4 Å². The standard InChI is InChI=1S/C10H17N5OS/c1-2-12-10-7(13-14-17-10)6-15-5-3-4-8(15)9(11)16/h8,12H,2-6H2,1H3,(H2,11,16). The Bertz CT molecular complexity index is 394. The van der Waals surface area contributed by atoms with Crippen LogP contribution in [0.3, 0.4) is 0 Å². The first-order valence-electron chi connectivity index (χ1n) is 5.80. The first-order chi connectivity index (χ1) is 8.22. The minimum atomic E-state index is -0.240. The van der Waals surface area contributed by atoms with Crippen molar-refractivity contribution in [2.45, 2.75) is 32.4 Å². The van der Waals surface area contributed by atoms with Crippen LogP contribution in [0.4, 0.5) is 5.00 Å². The first-order valence-corrected chi connectivity index (χ1v) is 6.58. The normalized spacial score (nSPS) is 20.6. The highest BCUT2D eigenvalue weighted by atomic mass is 32.1. The fourth-order valence-corrected chi connectivity index (χ4v) is 2.78. The summed E-state index contributed by atoms with van der Waals surface area (Å²) in [6.45, 7) is 4.42. The molecule has 1 saturated heterocycles. The van der Waals surface area contributed by atoms with Crippen LogP contribution in [-0.4, -0.2) is 39.5 Å². The van der Waals surface area contributed by atoms with Crippen LogP contribution in [0.1, 0.15) is 25.5 Å². The molecule has 1 aromatic rings. The number of nitrogens with one attached hydrogen (secondary N) is 1. The molecular weight excluding hydrogens is 238 g/mol. The molecule has 0 radical (unpaired) electrons. The SMILES string of the molecule is CCNc1snnc1CN1CCCC1C(N)=O. The van der Waals surface area contributed by atoms with Crippen LogP contribution in [0.5, 0.6) is 0 Å². The van der Waals surface area contributed by atoms with Crippen molar-refractivity contribution in [3.05, 3.63) is 5.69 Å². The van der Waals surface area contributed by atoms with E-state index in [1.165, 1.54) is 11.5 Å². The molecule has 1 amide bonds. The Labute approximate surface area is 104 Å². The molecule has 1 aliphatic heterocycles. The van der Waals surface area contributed by atoms with Crippen LogP contribution in [-0.2, 0) is 11.3 Å². The first kappa shape index (κ1) is 12.3. The number of carbonyl (C=O) groups excluding carboxylic acids is 1. The van der Waals surface area contributed by atoms with Gasteiger partial charge in [-0.05, 0) is 26.3 Å². The number of primary amides is 1. The molecular formula is C10H17N5OS. The maximum Gasteiger partial charge on any atom is 0.234 e. The molecule has 1 fully saturated rings. The van der Waals surface area contributed by atoms with Crippen molar-refractivity contribution in [1.82, 2.24) is 14.5 Å². The average molecular weight is 255 g/mol. The van der Waals surface area contributed by atoms with Gasteiger partial charge in [-0.15, -0.1) is 5.10 Å². The molecule has 7 heteroatoms. The highest BCUT2D eigenvalue weighted by Gasteiger charge is 2.30. The van der Waals surface area contributed by atoms with Gasteiger partial charge in [-0.1, -0.05) is 4.49 Å². The third-order valence-corrected chi connectivity index (χ3v) is 3.66. The van der Waals surface area contributed by atoms with E-state index in [2.05, 4.69) is 19.8 Å². The summed E-state index contributed by atoms with van der Waals surface area (Å²) >= 11 is 1.35. The Kier molecular flexibility index (Phi) is 3.90. The highest BCUT2D eigenvalue weighted by molar-refractivity contribution is 7.10. The van der Waals surface area contributed by atoms with Crippen molar-refractivity contribution in [2.24, 2.45) is 5.73 Å². The number of amides is 1. The molecule has 0 bridgehead atoms. The van der Waals surface area contributed by atoms with Gasteiger partial charge in [-0.2, -0.15) is 0 Å². The maximum atomic E-state index is 11.3. The Morgan fingerprint density at radius 3 is 3.24 bits per heavy atom. The number of rotatable bonds is 5. The topological polar surface area (TPSA) is 84.1 Å². The smallest absolute Gasteiger partial charge is 0.234 e. The minimum absolute atomic E-state index is 0.147. The van der Waals surface area contributed by atoms with E-state index in [-0.39, 0.29) is 11.9 Å². The Morgan fingerprint density at radius 2 is 2.53 bits per heavy atom. The van der Waals surface area contributed by atoms with Crippen LogP contribution in [0, 0.1) is 0 Å². The number of carbonyl (C=O) groups is 1. The summed E-state index contributed by atoms with van der Waals surface area (Å²) in [6.07, 6.45) is 1.87. The summed E-state index contributed by atoms with van der Waals surface area (Å²) in [7, 11) is 0. The molecule has 1 unspecified atom stereocenters. The zero-order valence-electron chi connectivity index (χ0n) is 9.85. The van der Waals surface area contributed by atoms with Gasteiger partial charge in [0.15, 0.2) is 0 Å². The Morgan fingerprint density at radius 1 is 1.71 bits per heavy atom. The number of nitrogens with two attached hydrogens (primary N) is 1. The molecule has 0 saturated carbocycles. The van der Waals surface area contributed by atoms with Crippen molar-refractivity contribution in [1.29, 1.82) is 0 Å². The fourth-order valence-electron chi connectivity index (χ4n) is 2.14. The third kappa shape index (κ3) is 2.73. The van der Waals surface area contributed by atoms with Crippen molar-refractivity contribution in [3.8, 4) is 0 Å². The number of anilines is 1. The molecule has 6 nitrogen and oxygen atoms in total. The van der Waals surface area contributed by atoms with Gasteiger partial charge in [-0.3, -0.25) is 9.69 Å². The molecule has 2 rings (SSSR count). The van der Waals surface area contributed by atoms with E-state index in [0.717, 1.165) is 36.6 Å². The Balaban J connectivity index is 2.04. The summed E-state index contributed by atoms with van der Waals surface area (Å²) < 4.78 is 3.94. The van der Waals surface area contributed by atoms with Crippen molar-refractivity contribution < 1.29 is 4.79 Å². The molecule has 1 atom stereocenters. The summed E-state index contributed by atoms with van der Waals surface area (Å²) in [5, 5.41) is 8.32. The quantitative estimate of drug-likeness (QED) is 0.796. The maximum absolute atomic E-state index is 11.3. The van der Waals surface area contributed by atoms with Crippen molar-refractivity contribution in [3.63, 3.8) is 0 Å². The molecule has 1 aliphatic rings. The minimum Gasteiger partial charge on any atom is -0.374 e. The lowest BCUT2D eigenvalue weighted by atomic mass is 10.2. The summed E-state index contributed by atoms with van der Waals surface area (Å²) in [5.41, 5.74) is 6.29. The molecule has 1 aromatic heterocycles. The zero-order valence-corrected chi connectivity index (χ0v) is 10.7. The van der Waals surface area contributed by atoms with E-state index >= 15 is 0 Å². The van der Waals surface area contributed by atoms with Gasteiger partial charge in [0, 0.05) is 24.6 Å². The van der Waals surface area contributed by atoms with E-state index in [4.69, 9.17) is 5.73 Å². The van der Waals surface area contributed by atoms with Gasteiger partial charge in [0.25, 0.3) is 0 Å². The number of likely N-dealkylation sites (tertiary alicyclic amines) is 1. The van der Waals surface area contributed by atoms with Crippen LogP contribution in [0.25, 0.3) is 0 Å². The van der Waals surface area contributed by atoms with Gasteiger partial charge in [0.05, 0.1) is 6.04 Å². The lowest BCUT2D eigenvalue weighted by Crippen LogP contribution is -2.39. The molecule has 0 aliphatic carbocycles. The Hall–Kier alpha value is -1.21. The fraction of sp³-hybridized carbons (Fsp3) is 0.700. The van der Waals surface area contributed by atoms with Crippen LogP contribution < -0.4 is 11.1 Å². The van der Waals surface area contributed by atoms with E-state index in [1.807, 2.05) is 6.92 Å². The van der Waals surface area contributed by atoms with Gasteiger partial charge in [0.1, 0.15) is 10.7 Å². The average Bonchev–Trinajstić information content (AvgIpc) is 2.89. The molecule has 3 N–H and O–H groups in total. The predicted octanol–water partition coefficient (Wildman–Crippen LogP) is 0.420. The van der Waals surface area contributed by atoms with E-state index in [9.17, 15) is 4.79 Å². The summed E-state index contributed by atoms with van der Waals surface area (Å²) in [6, 6.07) is -0.147. The summed E-state index contributed by atoms with van der Waals surface area (Å²) in [4.78, 5) is 13.4. The van der Waals surface area contributed by atoms with E-state index in [1.54, 1.807) is 0 Å². The highest BCUT2D eigenvalue weighted by Crippen LogP contribution is 2.24. The largest absolute Gasteiger partial charge is 0.374 e. The van der Waals surface area contributed by atoms with Gasteiger partial charge >= 0.3 is 0 Å². The summed E-state index contributed by atoms with van der Waals surface area (Å²) in [5.74, 6) is -0.240. The monoisotopic (exact) mass is 255 g/mol. The predicted molar refractivity (Wildman–Crippen MR) is 66.7 cm³/mol. The zero-order chi connectivity index (χ0) is 12.3. The third-order valence-electron chi connectivity index (χ3n) is 2.94. The van der Waals surface area contributed by atoms with Gasteiger partial charge in [-0.25, -0.2) is 0 Å². The molecule has 17 heavy (non-hydrogen) atoms. The van der Waals surface area contributed by atoms with Crippen LogP contribution in [0.15, 0.2) is 0 Å². The van der Waals surface area contributed by atoms with Crippen molar-refractivity contribution in [2.75, 3.05) is 18.4 Å². The van der Waals surface area contributed by atoms with Crippen LogP contribution >= 0.6 is 11.5 Å². The van der Waals surface area contributed by atoms with Gasteiger partial charge < -0.3 is 11.1 Å². The second-order valence-corrected chi connectivity index (χ2v) is 4.86. The molecule has 94 valence electrons. The molecule has 0 spiro atoms. The van der Waals surface area contributed by atoms with Gasteiger partial charge in [0.2, 0.25) is 5.91 Å². The molecule has 2 heterocycles. The number of hydrogen-bond acceptors (Lipinski definition) is 6. The second kappa shape index (κ2) is 5.42. The lowest BCUT2D eigenvalue weighted by Gasteiger charge is -2.20. The number of aromatic nitrogens is 2. The lowest BCUT2D eigenvalue weighted by molar-refractivity contribution is -0.122. The molecule has 0 aromatic carbocycles. The number of hydrogen-bond donors (Lipinski definition) is 2. The van der Waals surface area contributed by atoms with E-state index < -0.39 is 0 Å².